The Balaban J connectivity index is 0.000000720. The molecule has 1 aromatic rings. The first-order valence-corrected chi connectivity index (χ1v) is 3.51. The number of fused-ring (bicyclic) bond motifs is 1. The third-order valence-electron chi connectivity index (χ3n) is 1.58. The Morgan fingerprint density at radius 2 is 2.00 bits per heavy atom. The standard InChI is InChI=1S/C9H8N2.N/c1-2-6-9-8(4-1)5-3-7-10-11-9;/h1-7,11H;. The number of rotatable bonds is 0. The zero-order valence-electron chi connectivity index (χ0n) is 6.44. The van der Waals surface area contributed by atoms with Crippen LogP contribution in [0.4, 0.5) is 5.69 Å². The van der Waals surface area contributed by atoms with E-state index in [-0.39, 0.29) is 6.15 Å². The number of nitrogens with zero attached hydrogens (tertiary/aromatic N) is 2. The first-order chi connectivity index (χ1) is 5.47. The van der Waals surface area contributed by atoms with Gasteiger partial charge in [-0.15, -0.1) is 0 Å². The summed E-state index contributed by atoms with van der Waals surface area (Å²) in [6.45, 7) is 0. The van der Waals surface area contributed by atoms with E-state index in [2.05, 4.69) is 10.5 Å². The average Bonchev–Trinajstić information content (AvgIpc) is 2.28. The second-order valence-electron chi connectivity index (χ2n) is 2.34. The highest BCUT2D eigenvalue weighted by atomic mass is 15.3. The van der Waals surface area contributed by atoms with Crippen LogP contribution in [0.15, 0.2) is 35.4 Å². The smallest absolute Gasteiger partial charge is 0.0634 e. The molecule has 0 fully saturated rings. The number of para-hydroxylation sites is 1. The Hall–Kier alpha value is -1.61. The molecule has 1 aliphatic rings. The van der Waals surface area contributed by atoms with Crippen LogP contribution in [-0.4, -0.2) is 6.21 Å². The van der Waals surface area contributed by atoms with E-state index < -0.39 is 0 Å². The van der Waals surface area contributed by atoms with Gasteiger partial charge in [-0.1, -0.05) is 24.3 Å². The monoisotopic (exact) mass is 158 g/mol. The zero-order valence-corrected chi connectivity index (χ0v) is 6.44. The summed E-state index contributed by atoms with van der Waals surface area (Å²) >= 11 is 0. The van der Waals surface area contributed by atoms with Crippen molar-refractivity contribution in [3.63, 3.8) is 0 Å². The molecule has 1 N–H and O–H groups in total. The summed E-state index contributed by atoms with van der Waals surface area (Å²) < 4.78 is 0. The van der Waals surface area contributed by atoms with Gasteiger partial charge in [0, 0.05) is 12.4 Å². The van der Waals surface area contributed by atoms with Crippen LogP contribution < -0.4 is 11.6 Å². The summed E-state index contributed by atoms with van der Waals surface area (Å²) in [5.41, 5.74) is 5.16. The normalized spacial score (nSPS) is 12.3. The van der Waals surface area contributed by atoms with Gasteiger partial charge in [0.2, 0.25) is 0 Å². The molecule has 2 rings (SSSR count). The Morgan fingerprint density at radius 1 is 1.17 bits per heavy atom. The lowest BCUT2D eigenvalue weighted by molar-refractivity contribution is 1.36. The van der Waals surface area contributed by atoms with Gasteiger partial charge in [-0.3, -0.25) is 5.43 Å². The van der Waals surface area contributed by atoms with E-state index in [1.54, 1.807) is 6.21 Å². The van der Waals surface area contributed by atoms with Gasteiger partial charge < -0.3 is 0 Å². The van der Waals surface area contributed by atoms with Crippen molar-refractivity contribution in [3.05, 3.63) is 35.9 Å². The van der Waals surface area contributed by atoms with Crippen LogP contribution in [0.25, 0.3) is 6.08 Å². The van der Waals surface area contributed by atoms with Gasteiger partial charge in [0.15, 0.2) is 0 Å². The number of hydrogen-bond donors (Lipinski definition) is 1. The van der Waals surface area contributed by atoms with Crippen LogP contribution in [0.2, 0.25) is 0 Å². The van der Waals surface area contributed by atoms with Gasteiger partial charge in [-0.25, -0.2) is 0 Å². The van der Waals surface area contributed by atoms with Crippen molar-refractivity contribution < 1.29 is 0 Å². The molecule has 0 bridgehead atoms. The second-order valence-corrected chi connectivity index (χ2v) is 2.34. The van der Waals surface area contributed by atoms with Gasteiger partial charge in [-0.05, 0) is 17.7 Å². The van der Waals surface area contributed by atoms with Crippen molar-refractivity contribution in [2.24, 2.45) is 5.10 Å². The summed E-state index contributed by atoms with van der Waals surface area (Å²) in [4.78, 5) is 0. The molecular formula is C9H8N3. The highest BCUT2D eigenvalue weighted by Crippen LogP contribution is 2.17. The summed E-state index contributed by atoms with van der Waals surface area (Å²) in [6, 6.07) is 8.05. The minimum absolute atomic E-state index is 0. The van der Waals surface area contributed by atoms with Crippen molar-refractivity contribution in [1.29, 1.82) is 0 Å². The zero-order chi connectivity index (χ0) is 7.52. The molecule has 0 unspecified atom stereocenters. The van der Waals surface area contributed by atoms with E-state index in [1.165, 1.54) is 5.56 Å². The van der Waals surface area contributed by atoms with Gasteiger partial charge >= 0.3 is 0 Å². The lowest BCUT2D eigenvalue weighted by Gasteiger charge is -2.00. The molecule has 12 heavy (non-hydrogen) atoms. The van der Waals surface area contributed by atoms with Crippen LogP contribution in [0.3, 0.4) is 0 Å². The molecular weight excluding hydrogens is 150 g/mol. The largest absolute Gasteiger partial charge is 0.278 e. The summed E-state index contributed by atoms with van der Waals surface area (Å²) in [5, 5.41) is 3.95. The van der Waals surface area contributed by atoms with Crippen LogP contribution in [0.5, 0.6) is 0 Å². The molecule has 1 heterocycles. The third-order valence-corrected chi connectivity index (χ3v) is 1.58. The number of allylic oxidation sites excluding steroid dienone is 1. The molecule has 0 saturated carbocycles. The van der Waals surface area contributed by atoms with Crippen molar-refractivity contribution in [2.45, 2.75) is 0 Å². The van der Waals surface area contributed by atoms with Crippen molar-refractivity contribution in [2.75, 3.05) is 5.43 Å². The fourth-order valence-electron chi connectivity index (χ4n) is 1.04. The lowest BCUT2D eigenvalue weighted by Crippen LogP contribution is -1.87. The maximum Gasteiger partial charge on any atom is 0.0634 e. The lowest BCUT2D eigenvalue weighted by atomic mass is 10.2. The van der Waals surface area contributed by atoms with Crippen LogP contribution >= 0.6 is 0 Å². The Bertz CT molecular complexity index is 315. The molecule has 1 aliphatic heterocycles. The molecule has 0 aromatic heterocycles. The number of anilines is 1. The van der Waals surface area contributed by atoms with E-state index in [1.807, 2.05) is 36.4 Å². The number of nitrogens with one attached hydrogen (secondary N) is 1. The van der Waals surface area contributed by atoms with Crippen molar-refractivity contribution in [1.82, 2.24) is 6.15 Å². The highest BCUT2D eigenvalue weighted by molar-refractivity contribution is 5.83. The first kappa shape index (κ1) is 8.49. The Morgan fingerprint density at radius 3 is 2.92 bits per heavy atom. The van der Waals surface area contributed by atoms with E-state index in [0.717, 1.165) is 5.69 Å². The SMILES string of the molecule is C1=Cc2ccccc2NN=C1.[N]. The Kier molecular flexibility index (Phi) is 2.61. The molecule has 59 valence electrons. The minimum Gasteiger partial charge on any atom is -0.278 e. The minimum atomic E-state index is 0. The molecule has 0 atom stereocenters. The molecule has 1 aromatic carbocycles. The quantitative estimate of drug-likeness (QED) is 0.613. The third kappa shape index (κ3) is 1.52. The molecule has 0 saturated heterocycles. The van der Waals surface area contributed by atoms with Crippen LogP contribution in [0, 0.1) is 0 Å². The van der Waals surface area contributed by atoms with Crippen LogP contribution in [0.1, 0.15) is 5.56 Å². The first-order valence-electron chi connectivity index (χ1n) is 3.51. The summed E-state index contributed by atoms with van der Waals surface area (Å²) in [7, 11) is 0. The maximum absolute atomic E-state index is 3.95. The fraction of sp³-hybridized carbons (Fsp3) is 0. The van der Waals surface area contributed by atoms with Gasteiger partial charge in [-0.2, -0.15) is 5.10 Å². The predicted octanol–water partition coefficient (Wildman–Crippen LogP) is 1.63. The number of hydrogen-bond acceptors (Lipinski definition) is 2. The molecule has 0 spiro atoms. The number of hydrazone groups is 1. The second kappa shape index (κ2) is 3.69. The molecule has 3 heteroatoms. The van der Waals surface area contributed by atoms with E-state index >= 15 is 0 Å². The van der Waals surface area contributed by atoms with E-state index in [4.69, 9.17) is 0 Å². The van der Waals surface area contributed by atoms with E-state index in [9.17, 15) is 0 Å². The molecule has 0 aliphatic carbocycles. The van der Waals surface area contributed by atoms with Crippen molar-refractivity contribution in [3.8, 4) is 0 Å². The highest BCUT2D eigenvalue weighted by Gasteiger charge is 1.96. The van der Waals surface area contributed by atoms with Gasteiger partial charge in [0.05, 0.1) is 5.69 Å². The average molecular weight is 158 g/mol. The Labute approximate surface area is 71.4 Å². The van der Waals surface area contributed by atoms with Crippen LogP contribution in [-0.2, 0) is 0 Å². The predicted molar refractivity (Wildman–Crippen MR) is 49.7 cm³/mol. The van der Waals surface area contributed by atoms with E-state index in [0.29, 0.717) is 0 Å². The van der Waals surface area contributed by atoms with Crippen molar-refractivity contribution >= 4 is 18.0 Å². The molecule has 0 amide bonds. The summed E-state index contributed by atoms with van der Waals surface area (Å²) in [5.74, 6) is 0. The molecule has 3 nitrogen and oxygen atoms in total. The van der Waals surface area contributed by atoms with Gasteiger partial charge in [0.1, 0.15) is 0 Å². The summed E-state index contributed by atoms with van der Waals surface area (Å²) in [6.07, 6.45) is 5.68. The maximum atomic E-state index is 3.95. The van der Waals surface area contributed by atoms with Gasteiger partial charge in [0.25, 0.3) is 0 Å². The number of benzene rings is 1. The fourth-order valence-corrected chi connectivity index (χ4v) is 1.04. The topological polar surface area (TPSA) is 54.9 Å². The molecule has 3 radical (unpaired) electrons.